The molecule has 0 radical (unpaired) electrons. The minimum absolute atomic E-state index is 0.402. The lowest BCUT2D eigenvalue weighted by molar-refractivity contribution is -0.123. The third-order valence-corrected chi connectivity index (χ3v) is 0.598. The van der Waals surface area contributed by atoms with Crippen LogP contribution in [0.4, 0.5) is 0 Å². The zero-order valence-corrected chi connectivity index (χ0v) is 5.13. The van der Waals surface area contributed by atoms with Gasteiger partial charge in [-0.15, -0.1) is 0 Å². The highest BCUT2D eigenvalue weighted by molar-refractivity contribution is 5.38. The SMILES string of the molecule is CC(C)/C=C/OC=O. The molecule has 2 heteroatoms. The minimum atomic E-state index is 0.402. The molecule has 0 aromatic heterocycles. The Kier molecular flexibility index (Phi) is 3.94. The normalized spacial score (nSPS) is 10.4. The Morgan fingerprint density at radius 3 is 2.50 bits per heavy atom. The van der Waals surface area contributed by atoms with E-state index in [-0.39, 0.29) is 0 Å². The monoisotopic (exact) mass is 114 g/mol. The zero-order valence-electron chi connectivity index (χ0n) is 5.13. The molecule has 46 valence electrons. The Hall–Kier alpha value is -0.790. The summed E-state index contributed by atoms with van der Waals surface area (Å²) in [6.07, 6.45) is 3.19. The van der Waals surface area contributed by atoms with Gasteiger partial charge in [0, 0.05) is 0 Å². The third kappa shape index (κ3) is 5.21. The molecular formula is C6H10O2. The van der Waals surface area contributed by atoms with Gasteiger partial charge in [0.25, 0.3) is 6.47 Å². The van der Waals surface area contributed by atoms with Gasteiger partial charge in [0.15, 0.2) is 0 Å². The van der Waals surface area contributed by atoms with Crippen molar-refractivity contribution in [3.05, 3.63) is 12.3 Å². The molecule has 0 rings (SSSR count). The van der Waals surface area contributed by atoms with Crippen LogP contribution in [0.25, 0.3) is 0 Å². The Morgan fingerprint density at radius 1 is 1.50 bits per heavy atom. The summed E-state index contributed by atoms with van der Waals surface area (Å²) in [6.45, 7) is 4.41. The second-order valence-corrected chi connectivity index (χ2v) is 1.80. The van der Waals surface area contributed by atoms with E-state index in [2.05, 4.69) is 4.74 Å². The molecule has 0 amide bonds. The van der Waals surface area contributed by atoms with Crippen LogP contribution in [0.5, 0.6) is 0 Å². The van der Waals surface area contributed by atoms with E-state index in [9.17, 15) is 4.79 Å². The molecule has 0 aliphatic heterocycles. The molecule has 8 heavy (non-hydrogen) atoms. The van der Waals surface area contributed by atoms with Crippen molar-refractivity contribution in [1.82, 2.24) is 0 Å². The van der Waals surface area contributed by atoms with E-state index in [1.54, 1.807) is 6.08 Å². The van der Waals surface area contributed by atoms with Gasteiger partial charge in [-0.25, -0.2) is 0 Å². The summed E-state index contributed by atoms with van der Waals surface area (Å²) in [5.41, 5.74) is 0. The van der Waals surface area contributed by atoms with Crippen molar-refractivity contribution in [2.75, 3.05) is 0 Å². The van der Waals surface area contributed by atoms with Crippen molar-refractivity contribution in [2.45, 2.75) is 13.8 Å². The first-order chi connectivity index (χ1) is 3.77. The third-order valence-electron chi connectivity index (χ3n) is 0.598. The standard InChI is InChI=1S/C6H10O2/c1-6(2)3-4-8-5-7/h3-6H,1-2H3/b4-3+. The van der Waals surface area contributed by atoms with Gasteiger partial charge in [-0.1, -0.05) is 13.8 Å². The van der Waals surface area contributed by atoms with Crippen LogP contribution in [0.1, 0.15) is 13.8 Å². The molecule has 0 aromatic rings. The molecule has 0 aliphatic rings. The van der Waals surface area contributed by atoms with E-state index in [4.69, 9.17) is 0 Å². The van der Waals surface area contributed by atoms with Crippen LogP contribution < -0.4 is 0 Å². The fourth-order valence-corrected chi connectivity index (χ4v) is 0.235. The van der Waals surface area contributed by atoms with Crippen LogP contribution in [0.2, 0.25) is 0 Å². The topological polar surface area (TPSA) is 26.3 Å². The van der Waals surface area contributed by atoms with Crippen LogP contribution in [-0.4, -0.2) is 6.47 Å². The molecule has 2 nitrogen and oxygen atoms in total. The predicted molar refractivity (Wildman–Crippen MR) is 31.1 cm³/mol. The fourth-order valence-electron chi connectivity index (χ4n) is 0.235. The molecule has 0 atom stereocenters. The summed E-state index contributed by atoms with van der Waals surface area (Å²) >= 11 is 0. The maximum atomic E-state index is 9.51. The van der Waals surface area contributed by atoms with Gasteiger partial charge in [0.05, 0.1) is 6.26 Å². The minimum Gasteiger partial charge on any atom is -0.437 e. The second-order valence-electron chi connectivity index (χ2n) is 1.80. The number of hydrogen-bond acceptors (Lipinski definition) is 2. The van der Waals surface area contributed by atoms with Gasteiger partial charge < -0.3 is 4.74 Å². The highest BCUT2D eigenvalue weighted by Gasteiger charge is 1.80. The van der Waals surface area contributed by atoms with Gasteiger partial charge >= 0.3 is 0 Å². The summed E-state index contributed by atoms with van der Waals surface area (Å²) < 4.78 is 4.28. The maximum absolute atomic E-state index is 9.51. The van der Waals surface area contributed by atoms with Gasteiger partial charge in [0.1, 0.15) is 0 Å². The lowest BCUT2D eigenvalue weighted by Gasteiger charge is -1.89. The number of allylic oxidation sites excluding steroid dienone is 1. The van der Waals surface area contributed by atoms with Gasteiger partial charge in [-0.05, 0) is 12.0 Å². The van der Waals surface area contributed by atoms with Crippen molar-refractivity contribution in [2.24, 2.45) is 5.92 Å². The van der Waals surface area contributed by atoms with E-state index in [1.165, 1.54) is 6.26 Å². The number of carbonyl (C=O) groups excluding carboxylic acids is 1. The van der Waals surface area contributed by atoms with Crippen LogP contribution in [-0.2, 0) is 9.53 Å². The predicted octanol–water partition coefficient (Wildman–Crippen LogP) is 1.33. The Bertz CT molecular complexity index is 84.5. The van der Waals surface area contributed by atoms with E-state index in [0.717, 1.165) is 0 Å². The highest BCUT2D eigenvalue weighted by Crippen LogP contribution is 1.91. The van der Waals surface area contributed by atoms with E-state index in [1.807, 2.05) is 13.8 Å². The highest BCUT2D eigenvalue weighted by atomic mass is 16.5. The van der Waals surface area contributed by atoms with Crippen molar-refractivity contribution in [3.8, 4) is 0 Å². The van der Waals surface area contributed by atoms with Crippen molar-refractivity contribution in [1.29, 1.82) is 0 Å². The Labute approximate surface area is 49.1 Å². The lowest BCUT2D eigenvalue weighted by Crippen LogP contribution is -1.79. The van der Waals surface area contributed by atoms with Crippen LogP contribution in [0.15, 0.2) is 12.3 Å². The van der Waals surface area contributed by atoms with E-state index < -0.39 is 0 Å². The first-order valence-corrected chi connectivity index (χ1v) is 2.53. The number of carbonyl (C=O) groups is 1. The number of hydrogen-bond donors (Lipinski definition) is 0. The summed E-state index contributed by atoms with van der Waals surface area (Å²) in [5, 5.41) is 0. The van der Waals surface area contributed by atoms with Crippen molar-refractivity contribution < 1.29 is 9.53 Å². The molecule has 0 fully saturated rings. The average Bonchev–Trinajstić information content (AvgIpc) is 1.66. The summed E-state index contributed by atoms with van der Waals surface area (Å²) in [7, 11) is 0. The van der Waals surface area contributed by atoms with Gasteiger partial charge in [0.2, 0.25) is 0 Å². The maximum Gasteiger partial charge on any atom is 0.297 e. The number of rotatable bonds is 3. The molecule has 0 spiro atoms. The molecule has 0 saturated heterocycles. The smallest absolute Gasteiger partial charge is 0.297 e. The Balaban J connectivity index is 3.19. The van der Waals surface area contributed by atoms with Gasteiger partial charge in [-0.2, -0.15) is 0 Å². The Morgan fingerprint density at radius 2 is 2.12 bits per heavy atom. The molecular weight excluding hydrogens is 104 g/mol. The van der Waals surface area contributed by atoms with Gasteiger partial charge in [-0.3, -0.25) is 4.79 Å². The average molecular weight is 114 g/mol. The second kappa shape index (κ2) is 4.37. The molecule has 0 N–H and O–H groups in total. The van der Waals surface area contributed by atoms with Crippen LogP contribution in [0.3, 0.4) is 0 Å². The molecule has 0 heterocycles. The number of ether oxygens (including phenoxy) is 1. The van der Waals surface area contributed by atoms with E-state index >= 15 is 0 Å². The van der Waals surface area contributed by atoms with Crippen molar-refractivity contribution in [3.63, 3.8) is 0 Å². The van der Waals surface area contributed by atoms with Crippen LogP contribution in [0, 0.1) is 5.92 Å². The largest absolute Gasteiger partial charge is 0.437 e. The molecule has 0 unspecified atom stereocenters. The zero-order chi connectivity index (χ0) is 6.41. The molecule has 0 bridgehead atoms. The van der Waals surface area contributed by atoms with Crippen LogP contribution >= 0.6 is 0 Å². The molecule has 0 saturated carbocycles. The first kappa shape index (κ1) is 7.21. The summed E-state index contributed by atoms with van der Waals surface area (Å²) in [6, 6.07) is 0. The summed E-state index contributed by atoms with van der Waals surface area (Å²) in [5.74, 6) is 0.440. The fraction of sp³-hybridized carbons (Fsp3) is 0.500. The van der Waals surface area contributed by atoms with Crippen molar-refractivity contribution >= 4 is 6.47 Å². The first-order valence-electron chi connectivity index (χ1n) is 2.53. The summed E-state index contributed by atoms with van der Waals surface area (Å²) in [4.78, 5) is 9.51. The lowest BCUT2D eigenvalue weighted by atomic mass is 10.2. The molecule has 0 aromatic carbocycles. The molecule has 0 aliphatic carbocycles. The van der Waals surface area contributed by atoms with E-state index in [0.29, 0.717) is 12.4 Å². The quantitative estimate of drug-likeness (QED) is 0.408.